The van der Waals surface area contributed by atoms with Crippen molar-refractivity contribution in [3.8, 4) is 11.4 Å². The highest BCUT2D eigenvalue weighted by molar-refractivity contribution is 7.08. The van der Waals surface area contributed by atoms with Crippen molar-refractivity contribution >= 4 is 23.1 Å². The molecule has 0 saturated heterocycles. The van der Waals surface area contributed by atoms with Crippen LogP contribution in [0.4, 0.5) is 0 Å². The van der Waals surface area contributed by atoms with Gasteiger partial charge in [-0.05, 0) is 66.6 Å². The zero-order valence-electron chi connectivity index (χ0n) is 15.5. The molecular formula is C21H21NO4S. The molecule has 0 amide bonds. The van der Waals surface area contributed by atoms with Crippen LogP contribution in [-0.4, -0.2) is 30.0 Å². The van der Waals surface area contributed by atoms with Crippen molar-refractivity contribution in [3.05, 3.63) is 69.7 Å². The summed E-state index contributed by atoms with van der Waals surface area (Å²) in [6.07, 6.45) is 0.182. The number of Topliss-reactive ketones (excluding diaryl/α,β-unsaturated/α-hetero) is 1. The van der Waals surface area contributed by atoms with Gasteiger partial charge in [0.15, 0.2) is 6.61 Å². The van der Waals surface area contributed by atoms with Crippen LogP contribution in [0.1, 0.15) is 27.3 Å². The minimum absolute atomic E-state index is 0.182. The van der Waals surface area contributed by atoms with E-state index in [1.54, 1.807) is 7.11 Å². The van der Waals surface area contributed by atoms with E-state index in [1.165, 1.54) is 11.3 Å². The van der Waals surface area contributed by atoms with Gasteiger partial charge in [0.2, 0.25) is 5.78 Å². The lowest BCUT2D eigenvalue weighted by Gasteiger charge is -2.11. The maximum atomic E-state index is 12.6. The Hall–Kier alpha value is -2.86. The lowest BCUT2D eigenvalue weighted by molar-refractivity contribution is -0.141. The van der Waals surface area contributed by atoms with Crippen molar-refractivity contribution in [2.24, 2.45) is 0 Å². The number of benzene rings is 1. The van der Waals surface area contributed by atoms with Gasteiger partial charge in [-0.25, -0.2) is 0 Å². The number of carbonyl (C=O) groups excluding carboxylic acids is 2. The SMILES string of the molecule is COc1ccc(-n2c(C)cc(C(=O)COC(=O)Cc3ccsc3)c2C)cc1. The largest absolute Gasteiger partial charge is 0.497 e. The van der Waals surface area contributed by atoms with E-state index in [1.807, 2.05) is 65.6 Å². The molecule has 5 nitrogen and oxygen atoms in total. The number of thiophene rings is 1. The third-order valence-electron chi connectivity index (χ3n) is 4.35. The van der Waals surface area contributed by atoms with E-state index >= 15 is 0 Å². The molecule has 0 N–H and O–H groups in total. The Bertz CT molecular complexity index is 939. The second-order valence-electron chi connectivity index (χ2n) is 6.21. The van der Waals surface area contributed by atoms with Crippen LogP contribution in [0.25, 0.3) is 5.69 Å². The first-order chi connectivity index (χ1) is 13.0. The van der Waals surface area contributed by atoms with Crippen LogP contribution >= 0.6 is 11.3 Å². The lowest BCUT2D eigenvalue weighted by atomic mass is 10.1. The summed E-state index contributed by atoms with van der Waals surface area (Å²) in [4.78, 5) is 24.5. The summed E-state index contributed by atoms with van der Waals surface area (Å²) >= 11 is 1.52. The van der Waals surface area contributed by atoms with Crippen LogP contribution in [0.2, 0.25) is 0 Å². The standard InChI is InChI=1S/C21H21NO4S/c1-14-10-19(15(2)22(14)17-4-6-18(25-3)7-5-17)20(23)12-26-21(24)11-16-8-9-27-13-16/h4-10,13H,11-12H2,1-3H3. The zero-order valence-corrected chi connectivity index (χ0v) is 16.3. The molecule has 0 aliphatic rings. The predicted molar refractivity (Wildman–Crippen MR) is 105 cm³/mol. The van der Waals surface area contributed by atoms with Gasteiger partial charge in [0.1, 0.15) is 5.75 Å². The van der Waals surface area contributed by atoms with E-state index in [0.717, 1.165) is 28.4 Å². The van der Waals surface area contributed by atoms with E-state index in [9.17, 15) is 9.59 Å². The highest BCUT2D eigenvalue weighted by Crippen LogP contribution is 2.23. The summed E-state index contributed by atoms with van der Waals surface area (Å²) in [6.45, 7) is 3.57. The molecule has 0 spiro atoms. The fourth-order valence-corrected chi connectivity index (χ4v) is 3.68. The second-order valence-corrected chi connectivity index (χ2v) is 6.99. The van der Waals surface area contributed by atoms with Crippen LogP contribution in [0, 0.1) is 13.8 Å². The molecule has 0 aliphatic carbocycles. The van der Waals surface area contributed by atoms with Crippen molar-refractivity contribution in [3.63, 3.8) is 0 Å². The first-order valence-electron chi connectivity index (χ1n) is 8.53. The summed E-state index contributed by atoms with van der Waals surface area (Å²) < 4.78 is 12.4. The van der Waals surface area contributed by atoms with E-state index < -0.39 is 5.97 Å². The maximum absolute atomic E-state index is 12.6. The Balaban J connectivity index is 1.71. The van der Waals surface area contributed by atoms with Crippen molar-refractivity contribution in [1.82, 2.24) is 4.57 Å². The summed E-state index contributed by atoms with van der Waals surface area (Å²) in [5, 5.41) is 3.80. The lowest BCUT2D eigenvalue weighted by Crippen LogP contribution is -2.16. The summed E-state index contributed by atoms with van der Waals surface area (Å²) in [6, 6.07) is 11.3. The fraction of sp³-hybridized carbons (Fsp3) is 0.238. The van der Waals surface area contributed by atoms with Gasteiger partial charge in [0.25, 0.3) is 0 Å². The summed E-state index contributed by atoms with van der Waals surface area (Å²) in [5.74, 6) is 0.169. The number of ether oxygens (including phenoxy) is 2. The van der Waals surface area contributed by atoms with Gasteiger partial charge in [0.05, 0.1) is 13.5 Å². The Kier molecular flexibility index (Phi) is 5.76. The highest BCUT2D eigenvalue weighted by Gasteiger charge is 2.18. The van der Waals surface area contributed by atoms with E-state index in [0.29, 0.717) is 5.56 Å². The zero-order chi connectivity index (χ0) is 19.4. The third-order valence-corrected chi connectivity index (χ3v) is 5.09. The van der Waals surface area contributed by atoms with Crippen LogP contribution < -0.4 is 4.74 Å². The Morgan fingerprint density at radius 3 is 2.48 bits per heavy atom. The van der Waals surface area contributed by atoms with E-state index in [-0.39, 0.29) is 18.8 Å². The maximum Gasteiger partial charge on any atom is 0.310 e. The molecule has 0 saturated carbocycles. The Labute approximate surface area is 162 Å². The number of hydrogen-bond acceptors (Lipinski definition) is 5. The number of esters is 1. The number of aromatic nitrogens is 1. The molecule has 3 rings (SSSR count). The summed E-state index contributed by atoms with van der Waals surface area (Å²) in [5.41, 5.74) is 4.16. The number of nitrogens with zero attached hydrogens (tertiary/aromatic N) is 1. The summed E-state index contributed by atoms with van der Waals surface area (Å²) in [7, 11) is 1.62. The normalized spacial score (nSPS) is 10.6. The van der Waals surface area contributed by atoms with E-state index in [4.69, 9.17) is 9.47 Å². The Morgan fingerprint density at radius 1 is 1.11 bits per heavy atom. The average molecular weight is 383 g/mol. The first-order valence-corrected chi connectivity index (χ1v) is 9.47. The number of methoxy groups -OCH3 is 1. The first kappa shape index (κ1) is 18.9. The number of rotatable bonds is 7. The van der Waals surface area contributed by atoms with Gasteiger partial charge in [-0.15, -0.1) is 0 Å². The monoisotopic (exact) mass is 383 g/mol. The van der Waals surface area contributed by atoms with Crippen molar-refractivity contribution < 1.29 is 19.1 Å². The molecular weight excluding hydrogens is 362 g/mol. The Morgan fingerprint density at radius 2 is 1.85 bits per heavy atom. The fourth-order valence-electron chi connectivity index (χ4n) is 3.01. The molecule has 0 unspecified atom stereocenters. The molecule has 0 bridgehead atoms. The van der Waals surface area contributed by atoms with Gasteiger partial charge < -0.3 is 14.0 Å². The van der Waals surface area contributed by atoms with E-state index in [2.05, 4.69) is 0 Å². The predicted octanol–water partition coefficient (Wildman–Crippen LogP) is 4.13. The minimum Gasteiger partial charge on any atom is -0.497 e. The average Bonchev–Trinajstić information content (AvgIpc) is 3.27. The highest BCUT2D eigenvalue weighted by atomic mass is 32.1. The van der Waals surface area contributed by atoms with Crippen LogP contribution in [0.5, 0.6) is 5.75 Å². The third kappa shape index (κ3) is 4.28. The van der Waals surface area contributed by atoms with Gasteiger partial charge in [-0.1, -0.05) is 0 Å². The molecule has 0 radical (unpaired) electrons. The minimum atomic E-state index is -0.397. The van der Waals surface area contributed by atoms with Gasteiger partial charge in [0, 0.05) is 22.6 Å². The van der Waals surface area contributed by atoms with Crippen LogP contribution in [0.3, 0.4) is 0 Å². The van der Waals surface area contributed by atoms with Crippen molar-refractivity contribution in [2.75, 3.05) is 13.7 Å². The van der Waals surface area contributed by atoms with Gasteiger partial charge in [-0.3, -0.25) is 9.59 Å². The van der Waals surface area contributed by atoms with Crippen LogP contribution in [0.15, 0.2) is 47.2 Å². The number of hydrogen-bond donors (Lipinski definition) is 0. The van der Waals surface area contributed by atoms with Crippen LogP contribution in [-0.2, 0) is 16.0 Å². The number of carbonyl (C=O) groups is 2. The van der Waals surface area contributed by atoms with Crippen molar-refractivity contribution in [1.29, 1.82) is 0 Å². The van der Waals surface area contributed by atoms with Gasteiger partial charge in [-0.2, -0.15) is 11.3 Å². The molecule has 0 atom stereocenters. The quantitative estimate of drug-likeness (QED) is 0.455. The topological polar surface area (TPSA) is 57.5 Å². The molecule has 0 fully saturated rings. The molecule has 0 aliphatic heterocycles. The number of ketones is 1. The molecule has 2 heterocycles. The molecule has 6 heteroatoms. The molecule has 3 aromatic rings. The molecule has 1 aromatic carbocycles. The molecule has 27 heavy (non-hydrogen) atoms. The molecule has 2 aromatic heterocycles. The molecule has 140 valence electrons. The second kappa shape index (κ2) is 8.22. The van der Waals surface area contributed by atoms with Gasteiger partial charge >= 0.3 is 5.97 Å². The number of aryl methyl sites for hydroxylation is 1. The van der Waals surface area contributed by atoms with Crippen molar-refractivity contribution in [2.45, 2.75) is 20.3 Å². The smallest absolute Gasteiger partial charge is 0.310 e.